The quantitative estimate of drug-likeness (QED) is 0.0966. The number of halogens is 5. The van der Waals surface area contributed by atoms with Crippen LogP contribution in [0, 0.1) is 45.7 Å². The van der Waals surface area contributed by atoms with Crippen molar-refractivity contribution in [2.24, 2.45) is 0 Å². The average molecular weight is 880 g/mol. The van der Waals surface area contributed by atoms with E-state index in [-0.39, 0.29) is 11.1 Å². The van der Waals surface area contributed by atoms with E-state index in [1.807, 2.05) is 50.2 Å². The van der Waals surface area contributed by atoms with Gasteiger partial charge >= 0.3 is 18.5 Å². The summed E-state index contributed by atoms with van der Waals surface area (Å²) in [7, 11) is -1.48. The van der Waals surface area contributed by atoms with Gasteiger partial charge in [0.05, 0.1) is 14.9 Å². The second-order valence-electron chi connectivity index (χ2n) is 12.4. The zero-order valence-corrected chi connectivity index (χ0v) is 33.8. The first-order valence-electron chi connectivity index (χ1n) is 17.4. The van der Waals surface area contributed by atoms with Gasteiger partial charge < -0.3 is 14.8 Å². The third kappa shape index (κ3) is 11.8. The third-order valence-corrected chi connectivity index (χ3v) is 10.2. The van der Waals surface area contributed by atoms with E-state index < -0.39 is 40.0 Å². The van der Waals surface area contributed by atoms with E-state index >= 15 is 0 Å². The lowest BCUT2D eigenvalue weighted by molar-refractivity contribution is -0.387. The Hall–Kier alpha value is -5.02. The molecule has 1 saturated heterocycles. The number of nitrogens with zero attached hydrogens (tertiary/aromatic N) is 2. The van der Waals surface area contributed by atoms with E-state index in [1.54, 1.807) is 48.5 Å². The molecule has 6 aromatic carbocycles. The first-order valence-corrected chi connectivity index (χ1v) is 18.9. The molecule has 1 aliphatic rings. The lowest BCUT2D eigenvalue weighted by atomic mass is 9.79. The van der Waals surface area contributed by atoms with Crippen LogP contribution in [0.25, 0.3) is 33.4 Å². The van der Waals surface area contributed by atoms with Crippen molar-refractivity contribution in [3.05, 3.63) is 179 Å². The topological polar surface area (TPSA) is 136 Å². The molecule has 9 nitrogen and oxygen atoms in total. The van der Waals surface area contributed by atoms with E-state index in [0.717, 1.165) is 47.6 Å². The number of rotatable bonds is 6. The maximum absolute atomic E-state index is 14.6. The van der Waals surface area contributed by atoms with Gasteiger partial charge in [0.25, 0.3) is 0 Å². The first kappa shape index (κ1) is 44.7. The van der Waals surface area contributed by atoms with E-state index in [2.05, 4.69) is 15.9 Å². The summed E-state index contributed by atoms with van der Waals surface area (Å²) in [5.41, 5.74) is 4.08. The van der Waals surface area contributed by atoms with E-state index in [1.165, 1.54) is 37.1 Å². The molecular weight excluding hydrogens is 844 g/mol. The van der Waals surface area contributed by atoms with Crippen molar-refractivity contribution in [1.29, 1.82) is 0 Å². The molecule has 0 atom stereocenters. The fourth-order valence-electron chi connectivity index (χ4n) is 5.61. The Balaban J connectivity index is 0.000000189. The lowest BCUT2D eigenvalue weighted by Crippen LogP contribution is -2.30. The van der Waals surface area contributed by atoms with Crippen molar-refractivity contribution in [2.45, 2.75) is 26.7 Å². The van der Waals surface area contributed by atoms with Gasteiger partial charge in [-0.1, -0.05) is 142 Å². The summed E-state index contributed by atoms with van der Waals surface area (Å²) >= 11 is 15.5. The van der Waals surface area contributed by atoms with E-state index in [0.29, 0.717) is 31.1 Å². The highest BCUT2D eigenvalue weighted by atomic mass is 79.9. The number of ether oxygens (including phenoxy) is 1. The Morgan fingerprint density at radius 1 is 0.596 bits per heavy atom. The standard InChI is InChI=1S/C19H13ClFNO2.C12H7BrFNO2.C7H8BClO2.C4H8O/c1-12-6-4-9-15(18(12)20)13-7-2-3-8-14(13)16-10-5-11-17(19(16)21)22(23)24;13-10-6-2-1-4-8(10)9-5-3-7-11(12(9)14)15(16)17;1-5-3-2-4-6(7(5)9)8(10)11;1-2-4-5-3-1/h2-11H,1H3;1-7H;2-4,10-11H,1H3;1-4H2. The van der Waals surface area contributed by atoms with Crippen LogP contribution in [0.1, 0.15) is 24.0 Å². The molecule has 2 N–H and O–H groups in total. The molecule has 0 radical (unpaired) electrons. The van der Waals surface area contributed by atoms with Crippen LogP contribution in [0.15, 0.2) is 126 Å². The van der Waals surface area contributed by atoms with Gasteiger partial charge in [-0.05, 0) is 60.6 Å². The molecule has 57 heavy (non-hydrogen) atoms. The van der Waals surface area contributed by atoms with E-state index in [4.69, 9.17) is 38.0 Å². The summed E-state index contributed by atoms with van der Waals surface area (Å²) in [5, 5.41) is 40.2. The Kier molecular flexibility index (Phi) is 16.9. The summed E-state index contributed by atoms with van der Waals surface area (Å²) in [6, 6.07) is 33.2. The van der Waals surface area contributed by atoms with Crippen LogP contribution in [0.2, 0.25) is 10.0 Å². The molecule has 1 aliphatic heterocycles. The molecule has 294 valence electrons. The van der Waals surface area contributed by atoms with Gasteiger partial charge in [0.1, 0.15) is 0 Å². The van der Waals surface area contributed by atoms with Gasteiger partial charge in [0.2, 0.25) is 11.6 Å². The first-order chi connectivity index (χ1) is 27.2. The highest BCUT2D eigenvalue weighted by Gasteiger charge is 2.22. The monoisotopic (exact) mass is 878 g/mol. The van der Waals surface area contributed by atoms with Gasteiger partial charge in [0.15, 0.2) is 0 Å². The highest BCUT2D eigenvalue weighted by Crippen LogP contribution is 2.39. The molecule has 0 aliphatic carbocycles. The van der Waals surface area contributed by atoms with Crippen molar-refractivity contribution >= 4 is 63.1 Å². The summed E-state index contributed by atoms with van der Waals surface area (Å²) in [4.78, 5) is 20.2. The Morgan fingerprint density at radius 3 is 1.46 bits per heavy atom. The molecule has 15 heteroatoms. The molecule has 0 aromatic heterocycles. The fourth-order valence-corrected chi connectivity index (χ4v) is 6.56. The minimum absolute atomic E-state index is 0.178. The number of nitro benzene ring substituents is 2. The van der Waals surface area contributed by atoms with Gasteiger partial charge in [0, 0.05) is 57.0 Å². The minimum atomic E-state index is -1.48. The minimum Gasteiger partial charge on any atom is -0.423 e. The fraction of sp³-hybridized carbons (Fsp3) is 0.143. The molecule has 1 heterocycles. The molecule has 6 aromatic rings. The second-order valence-corrected chi connectivity index (χ2v) is 14.0. The molecule has 0 saturated carbocycles. The van der Waals surface area contributed by atoms with Crippen molar-refractivity contribution in [1.82, 2.24) is 0 Å². The Morgan fingerprint density at radius 2 is 1.00 bits per heavy atom. The predicted molar refractivity (Wildman–Crippen MR) is 226 cm³/mol. The van der Waals surface area contributed by atoms with Crippen LogP contribution in [-0.2, 0) is 4.74 Å². The Labute approximate surface area is 347 Å². The number of nitro groups is 2. The van der Waals surface area contributed by atoms with Crippen LogP contribution < -0.4 is 5.46 Å². The van der Waals surface area contributed by atoms with Crippen molar-refractivity contribution in [3.63, 3.8) is 0 Å². The number of hydrogen-bond acceptors (Lipinski definition) is 7. The molecule has 0 amide bonds. The third-order valence-electron chi connectivity index (χ3n) is 8.54. The molecule has 7 rings (SSSR count). The van der Waals surface area contributed by atoms with E-state index in [9.17, 15) is 29.0 Å². The highest BCUT2D eigenvalue weighted by molar-refractivity contribution is 9.10. The number of aryl methyl sites for hydroxylation is 2. The summed E-state index contributed by atoms with van der Waals surface area (Å²) in [5.74, 6) is -1.66. The number of benzene rings is 6. The maximum Gasteiger partial charge on any atom is 0.489 e. The summed E-state index contributed by atoms with van der Waals surface area (Å²) in [6.07, 6.45) is 2.56. The second kappa shape index (κ2) is 21.5. The predicted octanol–water partition coefficient (Wildman–Crippen LogP) is 11.3. The van der Waals surface area contributed by atoms with Gasteiger partial charge in [-0.15, -0.1) is 0 Å². The van der Waals surface area contributed by atoms with Crippen molar-refractivity contribution in [2.75, 3.05) is 13.2 Å². The molecule has 0 spiro atoms. The van der Waals surface area contributed by atoms with Gasteiger partial charge in [-0.3, -0.25) is 20.2 Å². The molecular formula is C42H36BBrCl2F2N2O7. The van der Waals surface area contributed by atoms with Crippen LogP contribution in [0.5, 0.6) is 0 Å². The molecule has 1 fully saturated rings. The summed E-state index contributed by atoms with van der Waals surface area (Å²) in [6.45, 7) is 5.70. The maximum atomic E-state index is 14.6. The average Bonchev–Trinajstić information content (AvgIpc) is 3.79. The van der Waals surface area contributed by atoms with Crippen molar-refractivity contribution in [3.8, 4) is 33.4 Å². The van der Waals surface area contributed by atoms with Crippen molar-refractivity contribution < 1.29 is 33.4 Å². The molecule has 0 unspecified atom stereocenters. The molecule has 0 bridgehead atoms. The number of hydrogen-bond donors (Lipinski definition) is 2. The normalized spacial score (nSPS) is 11.5. The zero-order valence-electron chi connectivity index (χ0n) is 30.7. The lowest BCUT2D eigenvalue weighted by Gasteiger charge is -2.13. The SMILES string of the molecule is C1CCOC1.Cc1cccc(-c2ccccc2-c2cccc([N+](=O)[O-])c2F)c1Cl.Cc1cccc(B(O)O)c1Cl.O=[N+]([O-])c1cccc(-c2ccccc2Br)c1F. The van der Waals surface area contributed by atoms with Gasteiger partial charge in [-0.2, -0.15) is 8.78 Å². The van der Waals surface area contributed by atoms with Crippen LogP contribution in [0.3, 0.4) is 0 Å². The van der Waals surface area contributed by atoms with Gasteiger partial charge in [-0.25, -0.2) is 0 Å². The van der Waals surface area contributed by atoms with Crippen LogP contribution >= 0.6 is 39.1 Å². The largest absolute Gasteiger partial charge is 0.489 e. The zero-order chi connectivity index (χ0) is 41.6. The van der Waals surface area contributed by atoms with Crippen LogP contribution in [-0.4, -0.2) is 40.2 Å². The van der Waals surface area contributed by atoms with Crippen LogP contribution in [0.4, 0.5) is 20.2 Å². The summed E-state index contributed by atoms with van der Waals surface area (Å²) < 4.78 is 34.2. The smallest absolute Gasteiger partial charge is 0.423 e. The Bertz CT molecular complexity index is 2340.